The second-order valence-electron chi connectivity index (χ2n) is 4.60. The maximum absolute atomic E-state index is 11.1. The van der Waals surface area contributed by atoms with E-state index in [0.29, 0.717) is 10.8 Å². The summed E-state index contributed by atoms with van der Waals surface area (Å²) in [4.78, 5) is 10.7. The minimum atomic E-state index is -0.417. The van der Waals surface area contributed by atoms with E-state index in [1.165, 1.54) is 6.07 Å². The van der Waals surface area contributed by atoms with Gasteiger partial charge in [-0.05, 0) is 49.3 Å². The lowest BCUT2D eigenvalue weighted by Gasteiger charge is -2.14. The largest absolute Gasteiger partial charge is 0.332 e. The van der Waals surface area contributed by atoms with Gasteiger partial charge in [0.25, 0.3) is 5.69 Å². The highest BCUT2D eigenvalue weighted by Crippen LogP contribution is 2.30. The number of hydrogen-bond donors (Lipinski definition) is 2. The van der Waals surface area contributed by atoms with Crippen LogP contribution in [0.3, 0.4) is 0 Å². The molecule has 0 aliphatic rings. The van der Waals surface area contributed by atoms with Crippen molar-refractivity contribution in [1.29, 1.82) is 0 Å². The number of benzene rings is 2. The molecule has 0 heterocycles. The highest BCUT2D eigenvalue weighted by atomic mass is 32.1. The number of rotatable bonds is 3. The summed E-state index contributed by atoms with van der Waals surface area (Å²) in [7, 11) is 0. The van der Waals surface area contributed by atoms with Crippen LogP contribution in [0.25, 0.3) is 0 Å². The predicted molar refractivity (Wildman–Crippen MR) is 88.9 cm³/mol. The number of hydrogen-bond acceptors (Lipinski definition) is 3. The highest BCUT2D eigenvalue weighted by Gasteiger charge is 2.18. The summed E-state index contributed by atoms with van der Waals surface area (Å²) in [6.07, 6.45) is 0. The van der Waals surface area contributed by atoms with Gasteiger partial charge in [0, 0.05) is 11.8 Å². The third-order valence-corrected chi connectivity index (χ3v) is 3.38. The summed E-state index contributed by atoms with van der Waals surface area (Å²) in [5.74, 6) is 0. The standard InChI is InChI=1S/C15H15N3O2S/c1-10-8-9-13(18(19)20)14(11(10)2)17-15(21)16-12-6-4-3-5-7-12/h3-9H,1-2H3,(H2,16,17,21). The molecule has 0 spiro atoms. The highest BCUT2D eigenvalue weighted by molar-refractivity contribution is 7.80. The van der Waals surface area contributed by atoms with Crippen LogP contribution in [0.5, 0.6) is 0 Å². The Bertz CT molecular complexity index is 687. The minimum absolute atomic E-state index is 0.00955. The maximum Gasteiger partial charge on any atom is 0.293 e. The van der Waals surface area contributed by atoms with Crippen molar-refractivity contribution in [2.45, 2.75) is 13.8 Å². The van der Waals surface area contributed by atoms with Crippen molar-refractivity contribution in [2.75, 3.05) is 10.6 Å². The molecule has 0 aromatic heterocycles. The number of para-hydroxylation sites is 1. The summed E-state index contributed by atoms with van der Waals surface area (Å²) in [6, 6.07) is 12.6. The summed E-state index contributed by atoms with van der Waals surface area (Å²) in [6.45, 7) is 3.73. The third kappa shape index (κ3) is 3.55. The molecule has 21 heavy (non-hydrogen) atoms. The molecule has 0 aliphatic heterocycles. The SMILES string of the molecule is Cc1ccc([N+](=O)[O-])c(NC(=S)Nc2ccccc2)c1C. The Kier molecular flexibility index (Phi) is 4.49. The van der Waals surface area contributed by atoms with Crippen LogP contribution >= 0.6 is 12.2 Å². The molecule has 108 valence electrons. The molecule has 0 fully saturated rings. The summed E-state index contributed by atoms with van der Waals surface area (Å²) in [5, 5.41) is 17.4. The van der Waals surface area contributed by atoms with Gasteiger partial charge < -0.3 is 10.6 Å². The molecule has 0 saturated heterocycles. The molecular formula is C15H15N3O2S. The van der Waals surface area contributed by atoms with Crippen molar-refractivity contribution in [3.63, 3.8) is 0 Å². The van der Waals surface area contributed by atoms with E-state index in [0.717, 1.165) is 16.8 Å². The fourth-order valence-corrected chi connectivity index (χ4v) is 2.13. The molecule has 0 saturated carbocycles. The van der Waals surface area contributed by atoms with Gasteiger partial charge in [-0.1, -0.05) is 24.3 Å². The van der Waals surface area contributed by atoms with Crippen LogP contribution in [0.1, 0.15) is 11.1 Å². The van der Waals surface area contributed by atoms with Crippen molar-refractivity contribution in [2.24, 2.45) is 0 Å². The molecule has 0 radical (unpaired) electrons. The van der Waals surface area contributed by atoms with E-state index in [9.17, 15) is 10.1 Å². The third-order valence-electron chi connectivity index (χ3n) is 3.18. The molecule has 0 bridgehead atoms. The van der Waals surface area contributed by atoms with Gasteiger partial charge in [0.2, 0.25) is 0 Å². The van der Waals surface area contributed by atoms with E-state index < -0.39 is 4.92 Å². The van der Waals surface area contributed by atoms with Gasteiger partial charge in [-0.3, -0.25) is 10.1 Å². The van der Waals surface area contributed by atoms with Crippen LogP contribution in [-0.4, -0.2) is 10.0 Å². The Hall–Kier alpha value is -2.47. The number of thiocarbonyl (C=S) groups is 1. The van der Waals surface area contributed by atoms with E-state index in [-0.39, 0.29) is 5.69 Å². The van der Waals surface area contributed by atoms with Gasteiger partial charge in [-0.25, -0.2) is 0 Å². The second kappa shape index (κ2) is 6.32. The molecule has 6 heteroatoms. The lowest BCUT2D eigenvalue weighted by atomic mass is 10.1. The molecule has 0 unspecified atom stereocenters. The smallest absolute Gasteiger partial charge is 0.293 e. The zero-order valence-corrected chi connectivity index (χ0v) is 12.5. The van der Waals surface area contributed by atoms with E-state index >= 15 is 0 Å². The first-order valence-electron chi connectivity index (χ1n) is 6.36. The molecule has 0 aliphatic carbocycles. The van der Waals surface area contributed by atoms with Crippen LogP contribution < -0.4 is 10.6 Å². The van der Waals surface area contributed by atoms with Crippen LogP contribution in [0, 0.1) is 24.0 Å². The van der Waals surface area contributed by atoms with E-state index in [1.54, 1.807) is 6.07 Å². The van der Waals surface area contributed by atoms with E-state index in [4.69, 9.17) is 12.2 Å². The molecule has 0 amide bonds. The monoisotopic (exact) mass is 301 g/mol. The van der Waals surface area contributed by atoms with Crippen LogP contribution in [0.2, 0.25) is 0 Å². The fourth-order valence-electron chi connectivity index (χ4n) is 1.91. The minimum Gasteiger partial charge on any atom is -0.332 e. The van der Waals surface area contributed by atoms with E-state index in [1.807, 2.05) is 44.2 Å². The molecule has 5 nitrogen and oxygen atoms in total. The summed E-state index contributed by atoms with van der Waals surface area (Å²) in [5.41, 5.74) is 3.03. The van der Waals surface area contributed by atoms with Gasteiger partial charge in [-0.2, -0.15) is 0 Å². The Morgan fingerprint density at radius 2 is 1.76 bits per heavy atom. The van der Waals surface area contributed by atoms with Gasteiger partial charge >= 0.3 is 0 Å². The van der Waals surface area contributed by atoms with Gasteiger partial charge in [-0.15, -0.1) is 0 Å². The van der Waals surface area contributed by atoms with E-state index in [2.05, 4.69) is 10.6 Å². The molecule has 0 atom stereocenters. The molecule has 2 N–H and O–H groups in total. The van der Waals surface area contributed by atoms with Crippen LogP contribution in [0.15, 0.2) is 42.5 Å². The van der Waals surface area contributed by atoms with Crippen molar-refractivity contribution in [3.8, 4) is 0 Å². The topological polar surface area (TPSA) is 67.2 Å². The molecule has 2 aromatic rings. The number of nitro benzene ring substituents is 1. The first-order valence-corrected chi connectivity index (χ1v) is 6.77. The zero-order chi connectivity index (χ0) is 15.4. The van der Waals surface area contributed by atoms with Crippen LogP contribution in [-0.2, 0) is 0 Å². The van der Waals surface area contributed by atoms with Crippen molar-refractivity contribution in [3.05, 3.63) is 63.7 Å². The average molecular weight is 301 g/mol. The van der Waals surface area contributed by atoms with Crippen molar-refractivity contribution < 1.29 is 4.92 Å². The molecule has 2 aromatic carbocycles. The van der Waals surface area contributed by atoms with Crippen molar-refractivity contribution in [1.82, 2.24) is 0 Å². The van der Waals surface area contributed by atoms with Crippen molar-refractivity contribution >= 4 is 34.4 Å². The first-order chi connectivity index (χ1) is 9.99. The molecular weight excluding hydrogens is 286 g/mol. The lowest BCUT2D eigenvalue weighted by Crippen LogP contribution is -2.20. The summed E-state index contributed by atoms with van der Waals surface area (Å²) < 4.78 is 0. The second-order valence-corrected chi connectivity index (χ2v) is 5.01. The van der Waals surface area contributed by atoms with Gasteiger partial charge in [0.1, 0.15) is 5.69 Å². The lowest BCUT2D eigenvalue weighted by molar-refractivity contribution is -0.383. The van der Waals surface area contributed by atoms with Gasteiger partial charge in [0.15, 0.2) is 5.11 Å². The van der Waals surface area contributed by atoms with Crippen LogP contribution in [0.4, 0.5) is 17.1 Å². The maximum atomic E-state index is 11.1. The Labute approximate surface area is 128 Å². The Morgan fingerprint density at radius 3 is 2.38 bits per heavy atom. The van der Waals surface area contributed by atoms with Gasteiger partial charge in [0.05, 0.1) is 4.92 Å². The Balaban J connectivity index is 2.24. The fraction of sp³-hybridized carbons (Fsp3) is 0.133. The number of nitrogens with zero attached hydrogens (tertiary/aromatic N) is 1. The quantitative estimate of drug-likeness (QED) is 0.509. The number of anilines is 2. The Morgan fingerprint density at radius 1 is 1.10 bits per heavy atom. The number of nitro groups is 1. The molecule has 2 rings (SSSR count). The normalized spacial score (nSPS) is 10.0. The first kappa shape index (κ1) is 14.9. The number of aryl methyl sites for hydroxylation is 1. The predicted octanol–water partition coefficient (Wildman–Crippen LogP) is 4.02. The summed E-state index contributed by atoms with van der Waals surface area (Å²) >= 11 is 5.22. The zero-order valence-electron chi connectivity index (χ0n) is 11.7. The average Bonchev–Trinajstić information content (AvgIpc) is 2.44. The number of nitrogens with one attached hydrogen (secondary N) is 2.